The molecule has 1 aliphatic rings. The molecule has 3 rings (SSSR count). The van der Waals surface area contributed by atoms with E-state index in [2.05, 4.69) is 39.1 Å². The van der Waals surface area contributed by atoms with E-state index in [1.807, 2.05) is 11.3 Å². The Morgan fingerprint density at radius 2 is 2.16 bits per heavy atom. The third kappa shape index (κ3) is 2.77. The molecule has 0 saturated carbocycles. The summed E-state index contributed by atoms with van der Waals surface area (Å²) in [5.74, 6) is 1.35. The highest BCUT2D eigenvalue weighted by molar-refractivity contribution is 9.09. The molecule has 2 aromatic heterocycles. The number of aromatic nitrogens is 2. The minimum absolute atomic E-state index is 0.159. The van der Waals surface area contributed by atoms with E-state index < -0.39 is 0 Å². The zero-order valence-electron chi connectivity index (χ0n) is 11.0. The molecule has 0 saturated heterocycles. The van der Waals surface area contributed by atoms with Gasteiger partial charge in [-0.25, -0.2) is 0 Å². The molecule has 0 spiro atoms. The van der Waals surface area contributed by atoms with Crippen LogP contribution in [0.1, 0.15) is 53.8 Å². The SMILES string of the molecule is CCC(Br)c1nnc(-c2cc3c(s2)CCCCC3)o1. The minimum atomic E-state index is 0.159. The Kier molecular flexibility index (Phi) is 4.03. The molecule has 0 aliphatic heterocycles. The fourth-order valence-electron chi connectivity index (χ4n) is 2.41. The van der Waals surface area contributed by atoms with E-state index in [1.54, 1.807) is 0 Å². The van der Waals surface area contributed by atoms with Crippen LogP contribution in [-0.2, 0) is 12.8 Å². The van der Waals surface area contributed by atoms with Crippen molar-refractivity contribution >= 4 is 27.3 Å². The number of halogens is 1. The largest absolute Gasteiger partial charge is 0.419 e. The van der Waals surface area contributed by atoms with Gasteiger partial charge < -0.3 is 4.42 Å². The van der Waals surface area contributed by atoms with Crippen LogP contribution in [0.5, 0.6) is 0 Å². The second-order valence-electron chi connectivity index (χ2n) is 4.94. The van der Waals surface area contributed by atoms with Crippen molar-refractivity contribution in [2.24, 2.45) is 0 Å². The molecule has 1 atom stereocenters. The van der Waals surface area contributed by atoms with Gasteiger partial charge in [0, 0.05) is 4.88 Å². The third-order valence-electron chi connectivity index (χ3n) is 3.52. The Labute approximate surface area is 125 Å². The van der Waals surface area contributed by atoms with E-state index in [0.29, 0.717) is 11.8 Å². The molecule has 2 heterocycles. The summed E-state index contributed by atoms with van der Waals surface area (Å²) in [6, 6.07) is 2.25. The van der Waals surface area contributed by atoms with Crippen LogP contribution in [0.15, 0.2) is 10.5 Å². The van der Waals surface area contributed by atoms with Crippen LogP contribution in [0.3, 0.4) is 0 Å². The molecule has 0 fully saturated rings. The molecule has 19 heavy (non-hydrogen) atoms. The first kappa shape index (κ1) is 13.3. The molecule has 102 valence electrons. The van der Waals surface area contributed by atoms with E-state index in [1.165, 1.54) is 42.5 Å². The Balaban J connectivity index is 1.88. The maximum absolute atomic E-state index is 5.77. The lowest BCUT2D eigenvalue weighted by Crippen LogP contribution is -1.86. The lowest BCUT2D eigenvalue weighted by molar-refractivity contribution is 0.501. The topological polar surface area (TPSA) is 38.9 Å². The highest BCUT2D eigenvalue weighted by Gasteiger charge is 2.19. The summed E-state index contributed by atoms with van der Waals surface area (Å²) in [4.78, 5) is 2.80. The van der Waals surface area contributed by atoms with Crippen LogP contribution in [0.2, 0.25) is 0 Å². The van der Waals surface area contributed by atoms with Crippen LogP contribution < -0.4 is 0 Å². The smallest absolute Gasteiger partial charge is 0.257 e. The molecule has 5 heteroatoms. The van der Waals surface area contributed by atoms with Gasteiger partial charge in [-0.3, -0.25) is 0 Å². The van der Waals surface area contributed by atoms with Gasteiger partial charge in [-0.1, -0.05) is 29.3 Å². The first-order valence-electron chi connectivity index (χ1n) is 6.87. The number of thiophene rings is 1. The van der Waals surface area contributed by atoms with Gasteiger partial charge in [0.2, 0.25) is 5.89 Å². The molecule has 0 N–H and O–H groups in total. The van der Waals surface area contributed by atoms with Crippen molar-refractivity contribution in [1.29, 1.82) is 0 Å². The number of hydrogen-bond donors (Lipinski definition) is 0. The van der Waals surface area contributed by atoms with E-state index in [4.69, 9.17) is 4.42 Å². The number of hydrogen-bond acceptors (Lipinski definition) is 4. The van der Waals surface area contributed by atoms with Gasteiger partial charge in [-0.15, -0.1) is 21.5 Å². The second kappa shape index (κ2) is 5.75. The summed E-state index contributed by atoms with van der Waals surface area (Å²) in [5.41, 5.74) is 1.49. The average Bonchev–Trinajstić information content (AvgIpc) is 3.01. The Morgan fingerprint density at radius 3 is 3.00 bits per heavy atom. The highest BCUT2D eigenvalue weighted by atomic mass is 79.9. The van der Waals surface area contributed by atoms with Crippen LogP contribution in [0.4, 0.5) is 0 Å². The first-order valence-corrected chi connectivity index (χ1v) is 8.60. The van der Waals surface area contributed by atoms with E-state index in [0.717, 1.165) is 11.3 Å². The van der Waals surface area contributed by atoms with E-state index in [-0.39, 0.29) is 4.83 Å². The van der Waals surface area contributed by atoms with Crippen molar-refractivity contribution in [2.45, 2.75) is 50.3 Å². The highest BCUT2D eigenvalue weighted by Crippen LogP contribution is 2.35. The number of alkyl halides is 1. The molecule has 3 nitrogen and oxygen atoms in total. The zero-order chi connectivity index (χ0) is 13.2. The lowest BCUT2D eigenvalue weighted by Gasteiger charge is -1.97. The van der Waals surface area contributed by atoms with Gasteiger partial charge in [0.1, 0.15) is 0 Å². The van der Waals surface area contributed by atoms with Gasteiger partial charge >= 0.3 is 0 Å². The summed E-state index contributed by atoms with van der Waals surface area (Å²) in [6.45, 7) is 2.09. The van der Waals surface area contributed by atoms with Gasteiger partial charge in [-0.05, 0) is 43.7 Å². The number of fused-ring (bicyclic) bond motifs is 1. The summed E-state index contributed by atoms with van der Waals surface area (Å²) in [5, 5.41) is 8.32. The number of aryl methyl sites for hydroxylation is 2. The normalized spacial score (nSPS) is 16.9. The van der Waals surface area contributed by atoms with Gasteiger partial charge in [-0.2, -0.15) is 0 Å². The van der Waals surface area contributed by atoms with E-state index >= 15 is 0 Å². The summed E-state index contributed by atoms with van der Waals surface area (Å²) < 4.78 is 5.77. The fourth-order valence-corrected chi connectivity index (χ4v) is 3.77. The minimum Gasteiger partial charge on any atom is -0.419 e. The Morgan fingerprint density at radius 1 is 1.32 bits per heavy atom. The molecule has 0 radical (unpaired) electrons. The van der Waals surface area contributed by atoms with Gasteiger partial charge in [0.25, 0.3) is 5.89 Å². The predicted octanol–water partition coefficient (Wildman–Crippen LogP) is 4.91. The standard InChI is InChI=1S/C14H17BrN2OS/c1-2-10(15)13-16-17-14(18-13)12-8-9-6-4-3-5-7-11(9)19-12/h8,10H,2-7H2,1H3. The molecular weight excluding hydrogens is 324 g/mol. The number of rotatable bonds is 3. The van der Waals surface area contributed by atoms with Crippen molar-refractivity contribution in [3.8, 4) is 10.8 Å². The molecule has 0 aromatic carbocycles. The lowest BCUT2D eigenvalue weighted by atomic mass is 10.1. The Bertz CT molecular complexity index is 540. The summed E-state index contributed by atoms with van der Waals surface area (Å²) in [7, 11) is 0. The number of nitrogens with zero attached hydrogens (tertiary/aromatic N) is 2. The molecular formula is C14H17BrN2OS. The van der Waals surface area contributed by atoms with E-state index in [9.17, 15) is 0 Å². The van der Waals surface area contributed by atoms with Gasteiger partial charge in [0.15, 0.2) is 0 Å². The quantitative estimate of drug-likeness (QED) is 0.588. The second-order valence-corrected chi connectivity index (χ2v) is 7.18. The first-order chi connectivity index (χ1) is 9.28. The summed E-state index contributed by atoms with van der Waals surface area (Å²) in [6.07, 6.45) is 7.31. The van der Waals surface area contributed by atoms with Gasteiger partial charge in [0.05, 0.1) is 9.70 Å². The zero-order valence-corrected chi connectivity index (χ0v) is 13.4. The van der Waals surface area contributed by atoms with Crippen LogP contribution in [-0.4, -0.2) is 10.2 Å². The molecule has 2 aromatic rings. The van der Waals surface area contributed by atoms with Crippen LogP contribution in [0, 0.1) is 0 Å². The fraction of sp³-hybridized carbons (Fsp3) is 0.571. The molecule has 0 bridgehead atoms. The Hall–Kier alpha value is -0.680. The third-order valence-corrected chi connectivity index (χ3v) is 5.79. The van der Waals surface area contributed by atoms with Crippen molar-refractivity contribution < 1.29 is 4.42 Å². The molecule has 0 amide bonds. The maximum atomic E-state index is 5.77. The monoisotopic (exact) mass is 340 g/mol. The summed E-state index contributed by atoms with van der Waals surface area (Å²) >= 11 is 5.37. The predicted molar refractivity (Wildman–Crippen MR) is 80.8 cm³/mol. The molecule has 1 aliphatic carbocycles. The van der Waals surface area contributed by atoms with Crippen molar-refractivity contribution in [2.75, 3.05) is 0 Å². The maximum Gasteiger partial charge on any atom is 0.257 e. The van der Waals surface area contributed by atoms with Crippen LogP contribution in [0.25, 0.3) is 10.8 Å². The van der Waals surface area contributed by atoms with Crippen molar-refractivity contribution in [1.82, 2.24) is 10.2 Å². The van der Waals surface area contributed by atoms with Crippen molar-refractivity contribution in [3.05, 3.63) is 22.4 Å². The average molecular weight is 341 g/mol. The van der Waals surface area contributed by atoms with Crippen LogP contribution >= 0.6 is 27.3 Å². The van der Waals surface area contributed by atoms with Crippen molar-refractivity contribution in [3.63, 3.8) is 0 Å². The molecule has 1 unspecified atom stereocenters.